The minimum absolute atomic E-state index is 0. The molecule has 142 valence electrons. The molecule has 2 N–H and O–H groups in total. The molecule has 0 heterocycles. The minimum Gasteiger partial charge on any atom is -0.478 e. The Kier molecular flexibility index (Phi) is 30.5. The molecule has 0 radical (unpaired) electrons. The fourth-order valence-corrected chi connectivity index (χ4v) is 2.34. The van der Waals surface area contributed by atoms with Crippen molar-refractivity contribution in [3.05, 3.63) is 19.1 Å². The third kappa shape index (κ3) is 35.6. The number of unbranched alkanes of at least 4 members (excludes halogenated alkanes) is 13. The van der Waals surface area contributed by atoms with Crippen molar-refractivity contribution >= 4 is 11.9 Å². The van der Waals surface area contributed by atoms with Crippen LogP contribution in [0.15, 0.2) is 12.2 Å². The first-order chi connectivity index (χ1) is 11.5. The summed E-state index contributed by atoms with van der Waals surface area (Å²) in [4.78, 5) is 19.1. The predicted octanol–water partition coefficient (Wildman–Crippen LogP) is 3.02. The smallest absolute Gasteiger partial charge is 0.478 e. The van der Waals surface area contributed by atoms with Gasteiger partial charge in [-0.1, -0.05) is 90.4 Å². The minimum atomic E-state index is -1.26. The van der Waals surface area contributed by atoms with E-state index in [2.05, 4.69) is 13.8 Å². The Balaban J connectivity index is -0.000000457. The van der Waals surface area contributed by atoms with Crippen LogP contribution in [0.1, 0.15) is 96.8 Å². The van der Waals surface area contributed by atoms with E-state index in [4.69, 9.17) is 10.2 Å². The second-order valence-corrected chi connectivity index (χ2v) is 6.11. The standard InChI is InChI=1S/C16H33.C4H4O4.Na/c1-3-5-7-9-11-13-15-16-14-12-10-8-6-4-2;5-3(6)1-2-4(7)8;/h1,3-16H2,2H3;1-2H,(H,5,6)(H,7,8);/q-1;;+1/b;2-1-;. The number of aliphatic carboxylic acids is 2. The van der Waals surface area contributed by atoms with Gasteiger partial charge in [0, 0.05) is 12.2 Å². The van der Waals surface area contributed by atoms with Gasteiger partial charge in [-0.2, -0.15) is 6.42 Å². The van der Waals surface area contributed by atoms with E-state index in [-0.39, 0.29) is 29.6 Å². The fraction of sp³-hybridized carbons (Fsp3) is 0.750. The van der Waals surface area contributed by atoms with E-state index in [1.54, 1.807) is 0 Å². The molecule has 0 aliphatic rings. The molecule has 0 bridgehead atoms. The molecule has 25 heavy (non-hydrogen) atoms. The second-order valence-electron chi connectivity index (χ2n) is 6.11. The Bertz CT molecular complexity index is 287. The first-order valence-electron chi connectivity index (χ1n) is 9.47. The van der Waals surface area contributed by atoms with Crippen LogP contribution in [-0.4, -0.2) is 22.2 Å². The van der Waals surface area contributed by atoms with Crippen molar-refractivity contribution in [2.24, 2.45) is 0 Å². The van der Waals surface area contributed by atoms with Crippen LogP contribution in [0.2, 0.25) is 0 Å². The largest absolute Gasteiger partial charge is 1.00 e. The Hall–Kier alpha value is -0.320. The fourth-order valence-electron chi connectivity index (χ4n) is 2.34. The van der Waals surface area contributed by atoms with Crippen LogP contribution in [0.4, 0.5) is 0 Å². The maximum Gasteiger partial charge on any atom is 1.00 e. The van der Waals surface area contributed by atoms with Crippen LogP contribution in [0.5, 0.6) is 0 Å². The van der Waals surface area contributed by atoms with E-state index in [0.29, 0.717) is 12.2 Å². The number of rotatable bonds is 15. The van der Waals surface area contributed by atoms with Crippen LogP contribution in [-0.2, 0) is 9.59 Å². The van der Waals surface area contributed by atoms with Gasteiger partial charge in [0.15, 0.2) is 0 Å². The molecule has 0 rings (SSSR count). The van der Waals surface area contributed by atoms with Crippen LogP contribution in [0.3, 0.4) is 0 Å². The SMILES string of the molecule is O=C(O)/C=C\C(=O)O.[CH2-]CCCCCCCCCCCCCCC.[Na+]. The van der Waals surface area contributed by atoms with Gasteiger partial charge in [0.2, 0.25) is 0 Å². The molecule has 0 fully saturated rings. The maximum atomic E-state index is 9.55. The van der Waals surface area contributed by atoms with Gasteiger partial charge in [0.1, 0.15) is 0 Å². The molecule has 0 saturated carbocycles. The zero-order chi connectivity index (χ0) is 18.5. The third-order valence-electron chi connectivity index (χ3n) is 3.72. The summed E-state index contributed by atoms with van der Waals surface area (Å²) < 4.78 is 0. The molecule has 0 aliphatic carbocycles. The maximum absolute atomic E-state index is 9.55. The number of hydrogen-bond donors (Lipinski definition) is 2. The molecule has 0 aromatic carbocycles. The summed E-state index contributed by atoms with van der Waals surface area (Å²) in [5.74, 6) is -2.51. The molecule has 0 atom stereocenters. The quantitative estimate of drug-likeness (QED) is 0.203. The van der Waals surface area contributed by atoms with Gasteiger partial charge in [-0.25, -0.2) is 9.59 Å². The summed E-state index contributed by atoms with van der Waals surface area (Å²) in [6, 6.07) is 0. The first-order valence-corrected chi connectivity index (χ1v) is 9.47. The topological polar surface area (TPSA) is 74.6 Å². The normalized spacial score (nSPS) is 10.0. The van der Waals surface area contributed by atoms with E-state index in [0.717, 1.165) is 6.42 Å². The Labute approximate surface area is 176 Å². The molecule has 0 saturated heterocycles. The van der Waals surface area contributed by atoms with E-state index >= 15 is 0 Å². The van der Waals surface area contributed by atoms with Crippen molar-refractivity contribution in [3.63, 3.8) is 0 Å². The summed E-state index contributed by atoms with van der Waals surface area (Å²) in [5, 5.41) is 15.6. The van der Waals surface area contributed by atoms with Crippen molar-refractivity contribution in [2.75, 3.05) is 0 Å². The van der Waals surface area contributed by atoms with Crippen molar-refractivity contribution in [3.8, 4) is 0 Å². The van der Waals surface area contributed by atoms with Crippen molar-refractivity contribution in [1.29, 1.82) is 0 Å². The van der Waals surface area contributed by atoms with Gasteiger partial charge in [0.25, 0.3) is 0 Å². The Morgan fingerprint density at radius 1 is 0.680 bits per heavy atom. The molecule has 0 unspecified atom stereocenters. The number of carboxylic acid groups (broad SMARTS) is 2. The molecule has 5 heteroatoms. The summed E-state index contributed by atoms with van der Waals surface area (Å²) in [7, 11) is 0. The Morgan fingerprint density at radius 3 is 1.20 bits per heavy atom. The zero-order valence-corrected chi connectivity index (χ0v) is 18.5. The molecule has 0 aromatic heterocycles. The average molecular weight is 365 g/mol. The van der Waals surface area contributed by atoms with E-state index in [1.807, 2.05) is 0 Å². The number of hydrogen-bond acceptors (Lipinski definition) is 2. The zero-order valence-electron chi connectivity index (χ0n) is 16.5. The van der Waals surface area contributed by atoms with Crippen LogP contribution < -0.4 is 29.6 Å². The molecule has 0 aromatic rings. The van der Waals surface area contributed by atoms with Crippen molar-refractivity contribution in [1.82, 2.24) is 0 Å². The summed E-state index contributed by atoms with van der Waals surface area (Å²) in [5.41, 5.74) is 0. The monoisotopic (exact) mass is 364 g/mol. The van der Waals surface area contributed by atoms with E-state index in [9.17, 15) is 9.59 Å². The summed E-state index contributed by atoms with van der Waals surface area (Å²) >= 11 is 0. The number of carboxylic acids is 2. The van der Waals surface area contributed by atoms with Gasteiger partial charge in [-0.3, -0.25) is 0 Å². The Morgan fingerprint density at radius 2 is 0.960 bits per heavy atom. The molecule has 4 nitrogen and oxygen atoms in total. The van der Waals surface area contributed by atoms with Crippen LogP contribution >= 0.6 is 0 Å². The number of carbonyl (C=O) groups is 2. The van der Waals surface area contributed by atoms with Gasteiger partial charge < -0.3 is 17.1 Å². The van der Waals surface area contributed by atoms with Gasteiger partial charge >= 0.3 is 41.5 Å². The second kappa shape index (κ2) is 25.9. The summed E-state index contributed by atoms with van der Waals surface area (Å²) in [6.07, 6.45) is 21.0. The van der Waals surface area contributed by atoms with E-state index in [1.165, 1.54) is 83.5 Å². The average Bonchev–Trinajstić information content (AvgIpc) is 2.54. The molecular weight excluding hydrogens is 327 g/mol. The van der Waals surface area contributed by atoms with Crippen LogP contribution in [0, 0.1) is 6.92 Å². The predicted molar refractivity (Wildman–Crippen MR) is 100 cm³/mol. The summed E-state index contributed by atoms with van der Waals surface area (Å²) in [6.45, 7) is 6.16. The molecule has 0 amide bonds. The van der Waals surface area contributed by atoms with E-state index < -0.39 is 11.9 Å². The molecule has 0 spiro atoms. The molecule has 0 aliphatic heterocycles. The first kappa shape index (κ1) is 29.4. The third-order valence-corrected chi connectivity index (χ3v) is 3.72. The van der Waals surface area contributed by atoms with Gasteiger partial charge in [-0.15, -0.1) is 0 Å². The molecular formula is C20H37NaO4. The van der Waals surface area contributed by atoms with Gasteiger partial charge in [-0.05, 0) is 0 Å². The van der Waals surface area contributed by atoms with Crippen molar-refractivity contribution < 1.29 is 49.4 Å². The van der Waals surface area contributed by atoms with Crippen LogP contribution in [0.25, 0.3) is 0 Å². The van der Waals surface area contributed by atoms with Crippen molar-refractivity contribution in [2.45, 2.75) is 96.8 Å². The van der Waals surface area contributed by atoms with Gasteiger partial charge in [0.05, 0.1) is 0 Å².